The fraction of sp³-hybridized carbons (Fsp3) is 0.652. The van der Waals surface area contributed by atoms with E-state index in [0.717, 1.165) is 13.0 Å². The maximum absolute atomic E-state index is 13.3. The van der Waals surface area contributed by atoms with Crippen LogP contribution in [-0.4, -0.2) is 82.0 Å². The molecule has 37 heavy (non-hydrogen) atoms. The third-order valence-electron chi connectivity index (χ3n) is 6.34. The number of guanidine groups is 1. The van der Waals surface area contributed by atoms with Gasteiger partial charge in [-0.3, -0.25) is 19.4 Å². The van der Waals surface area contributed by atoms with Crippen LogP contribution in [0.25, 0.3) is 0 Å². The van der Waals surface area contributed by atoms with Gasteiger partial charge in [-0.15, -0.1) is 0 Å². The number of carboxylic acid groups (broad SMARTS) is 1. The number of H-pyrrole nitrogens is 1. The first-order valence-corrected chi connectivity index (χ1v) is 12.5. The van der Waals surface area contributed by atoms with E-state index in [9.17, 15) is 24.3 Å². The molecule has 206 valence electrons. The smallest absolute Gasteiger partial charge is 0.326 e. The summed E-state index contributed by atoms with van der Waals surface area (Å²) in [5, 5.41) is 20.7. The monoisotopic (exact) mass is 521 g/mol. The van der Waals surface area contributed by atoms with Gasteiger partial charge in [-0.2, -0.15) is 0 Å². The number of nitrogens with zero attached hydrogens (tertiary/aromatic N) is 2. The molecule has 2 heterocycles. The molecule has 0 spiro atoms. The highest BCUT2D eigenvalue weighted by Gasteiger charge is 2.33. The maximum Gasteiger partial charge on any atom is 0.326 e. The minimum atomic E-state index is -1.25. The van der Waals surface area contributed by atoms with Crippen LogP contribution in [0.5, 0.6) is 0 Å². The number of hydrogen-bond acceptors (Lipinski definition) is 7. The zero-order valence-electron chi connectivity index (χ0n) is 21.3. The normalized spacial score (nSPS) is 18.2. The molecule has 1 fully saturated rings. The van der Waals surface area contributed by atoms with Crippen LogP contribution in [0, 0.1) is 5.92 Å². The van der Waals surface area contributed by atoms with Crippen molar-refractivity contribution in [3.05, 3.63) is 18.2 Å². The summed E-state index contributed by atoms with van der Waals surface area (Å²) in [7, 11) is 0. The number of aromatic nitrogens is 2. The molecule has 0 saturated carbocycles. The number of nitrogens with one attached hydrogen (secondary N) is 5. The number of imidazole rings is 1. The molecule has 1 aliphatic rings. The lowest BCUT2D eigenvalue weighted by Gasteiger charge is -2.28. The van der Waals surface area contributed by atoms with E-state index in [-0.39, 0.29) is 43.2 Å². The quantitative estimate of drug-likeness (QED) is 0.0749. The van der Waals surface area contributed by atoms with Gasteiger partial charge in [0.2, 0.25) is 17.7 Å². The van der Waals surface area contributed by atoms with E-state index < -0.39 is 35.9 Å². The number of hydrogen-bond donors (Lipinski definition) is 8. The minimum absolute atomic E-state index is 0.0182. The van der Waals surface area contributed by atoms with Crippen LogP contribution < -0.4 is 32.7 Å². The van der Waals surface area contributed by atoms with Crippen molar-refractivity contribution in [3.63, 3.8) is 0 Å². The van der Waals surface area contributed by atoms with Crippen LogP contribution in [0.4, 0.5) is 0 Å². The van der Waals surface area contributed by atoms with E-state index in [2.05, 4.69) is 36.2 Å². The van der Waals surface area contributed by atoms with E-state index in [1.165, 1.54) is 12.5 Å². The summed E-state index contributed by atoms with van der Waals surface area (Å²) in [6, 6.07) is -3.55. The van der Waals surface area contributed by atoms with Crippen molar-refractivity contribution in [2.45, 2.75) is 76.5 Å². The Morgan fingerprint density at radius 2 is 1.92 bits per heavy atom. The largest absolute Gasteiger partial charge is 0.480 e. The number of aliphatic carboxylic acids is 1. The Morgan fingerprint density at radius 1 is 1.19 bits per heavy atom. The Hall–Kier alpha value is -3.68. The average Bonchev–Trinajstić information content (AvgIpc) is 3.57. The standard InChI is InChI=1S/C23H39N9O5/c1-3-13(2)18(32-19(33)15-6-4-8-27-15)21(35)30-16(7-5-9-28-23(24)25)20(34)31-17(22(36)37)10-14-11-26-12-29-14/h11-13,15-18,27H,3-10H2,1-2H3,(H,26,29)(H,30,35)(H,31,34)(H,32,33)(H,36,37)(H4,24,25,28). The van der Waals surface area contributed by atoms with Gasteiger partial charge in [-0.05, 0) is 38.1 Å². The van der Waals surface area contributed by atoms with Gasteiger partial charge < -0.3 is 42.8 Å². The number of carbonyl (C=O) groups excluding carboxylic acids is 3. The number of carbonyl (C=O) groups is 4. The first kappa shape index (κ1) is 29.5. The third-order valence-corrected chi connectivity index (χ3v) is 6.34. The van der Waals surface area contributed by atoms with Gasteiger partial charge >= 0.3 is 5.97 Å². The van der Waals surface area contributed by atoms with Crippen molar-refractivity contribution in [3.8, 4) is 0 Å². The van der Waals surface area contributed by atoms with Crippen LogP contribution in [0.1, 0.15) is 51.6 Å². The summed E-state index contributed by atoms with van der Waals surface area (Å²) < 4.78 is 0. The fourth-order valence-corrected chi connectivity index (χ4v) is 3.99. The highest BCUT2D eigenvalue weighted by molar-refractivity contribution is 5.94. The maximum atomic E-state index is 13.3. The molecule has 1 aromatic heterocycles. The van der Waals surface area contributed by atoms with Crippen LogP contribution >= 0.6 is 0 Å². The average molecular weight is 522 g/mol. The molecule has 1 aliphatic heterocycles. The van der Waals surface area contributed by atoms with Crippen LogP contribution in [-0.2, 0) is 25.6 Å². The molecule has 1 aromatic rings. The second-order valence-corrected chi connectivity index (χ2v) is 9.21. The lowest BCUT2D eigenvalue weighted by atomic mass is 9.97. The van der Waals surface area contributed by atoms with Gasteiger partial charge in [-0.1, -0.05) is 20.3 Å². The number of aromatic amines is 1. The van der Waals surface area contributed by atoms with Crippen molar-refractivity contribution >= 4 is 29.7 Å². The summed E-state index contributed by atoms with van der Waals surface area (Å²) in [6.07, 6.45) is 5.53. The molecule has 0 aromatic carbocycles. The Labute approximate surface area is 215 Å². The van der Waals surface area contributed by atoms with Gasteiger partial charge in [0.05, 0.1) is 12.4 Å². The van der Waals surface area contributed by atoms with E-state index in [1.807, 2.05) is 13.8 Å². The summed E-state index contributed by atoms with van der Waals surface area (Å²) in [6.45, 7) is 4.69. The number of aliphatic imine (C=N–C) groups is 1. The molecule has 14 heteroatoms. The number of nitrogens with two attached hydrogens (primary N) is 2. The number of carboxylic acids is 1. The van der Waals surface area contributed by atoms with Gasteiger partial charge in [0.1, 0.15) is 18.1 Å². The molecule has 5 atom stereocenters. The van der Waals surface area contributed by atoms with Crippen molar-refractivity contribution in [1.82, 2.24) is 31.2 Å². The van der Waals surface area contributed by atoms with E-state index in [4.69, 9.17) is 11.5 Å². The van der Waals surface area contributed by atoms with Crippen LogP contribution in [0.15, 0.2) is 17.5 Å². The predicted octanol–water partition coefficient (Wildman–Crippen LogP) is -1.66. The summed E-state index contributed by atoms with van der Waals surface area (Å²) in [5.74, 6) is -3.00. The second-order valence-electron chi connectivity index (χ2n) is 9.21. The summed E-state index contributed by atoms with van der Waals surface area (Å²) in [4.78, 5) is 61.5. The Bertz CT molecular complexity index is 927. The zero-order chi connectivity index (χ0) is 27.4. The van der Waals surface area contributed by atoms with Crippen molar-refractivity contribution in [2.75, 3.05) is 13.1 Å². The van der Waals surface area contributed by atoms with Crippen molar-refractivity contribution < 1.29 is 24.3 Å². The first-order chi connectivity index (χ1) is 17.6. The van der Waals surface area contributed by atoms with Crippen LogP contribution in [0.3, 0.4) is 0 Å². The fourth-order valence-electron chi connectivity index (χ4n) is 3.99. The van der Waals surface area contributed by atoms with Crippen LogP contribution in [0.2, 0.25) is 0 Å². The zero-order valence-corrected chi connectivity index (χ0v) is 21.3. The number of amides is 3. The highest BCUT2D eigenvalue weighted by Crippen LogP contribution is 2.12. The van der Waals surface area contributed by atoms with Crippen molar-refractivity contribution in [1.29, 1.82) is 0 Å². The summed E-state index contributed by atoms with van der Waals surface area (Å²) >= 11 is 0. The SMILES string of the molecule is CCC(C)C(NC(=O)C1CCCN1)C(=O)NC(CCCN=C(N)N)C(=O)NC(Cc1cnc[nH]1)C(=O)O. The molecular weight excluding hydrogens is 482 g/mol. The summed E-state index contributed by atoms with van der Waals surface area (Å²) in [5.41, 5.74) is 11.2. The Kier molecular flexibility index (Phi) is 11.8. The predicted molar refractivity (Wildman–Crippen MR) is 136 cm³/mol. The molecule has 0 radical (unpaired) electrons. The third kappa shape index (κ3) is 9.71. The lowest BCUT2D eigenvalue weighted by molar-refractivity contribution is -0.142. The molecule has 14 nitrogen and oxygen atoms in total. The second kappa shape index (κ2) is 14.8. The Balaban J connectivity index is 2.14. The Morgan fingerprint density at radius 3 is 2.49 bits per heavy atom. The van der Waals surface area contributed by atoms with Gasteiger partial charge in [0.25, 0.3) is 0 Å². The topological polar surface area (TPSA) is 230 Å². The van der Waals surface area contributed by atoms with E-state index in [1.54, 1.807) is 0 Å². The molecule has 10 N–H and O–H groups in total. The molecule has 3 amide bonds. The number of rotatable bonds is 15. The molecule has 1 saturated heterocycles. The minimum Gasteiger partial charge on any atom is -0.480 e. The molecule has 0 bridgehead atoms. The van der Waals surface area contributed by atoms with Gasteiger partial charge in [0, 0.05) is 24.9 Å². The van der Waals surface area contributed by atoms with Crippen molar-refractivity contribution in [2.24, 2.45) is 22.4 Å². The van der Waals surface area contributed by atoms with Gasteiger partial charge in [0.15, 0.2) is 5.96 Å². The van der Waals surface area contributed by atoms with Gasteiger partial charge in [-0.25, -0.2) is 9.78 Å². The lowest BCUT2D eigenvalue weighted by Crippen LogP contribution is -2.58. The molecule has 2 rings (SSSR count). The highest BCUT2D eigenvalue weighted by atomic mass is 16.4. The molecular formula is C23H39N9O5. The van der Waals surface area contributed by atoms with E-state index in [0.29, 0.717) is 25.0 Å². The molecule has 0 aliphatic carbocycles. The molecule has 5 unspecified atom stereocenters. The first-order valence-electron chi connectivity index (χ1n) is 12.5. The van der Waals surface area contributed by atoms with E-state index >= 15 is 0 Å².